The Bertz CT molecular complexity index is 478. The molecule has 8 nitrogen and oxygen atoms in total. The summed E-state index contributed by atoms with van der Waals surface area (Å²) in [5.74, 6) is 0.223. The van der Waals surface area contributed by atoms with Gasteiger partial charge in [0, 0.05) is 0 Å². The second kappa shape index (κ2) is 4.80. The Morgan fingerprint density at radius 1 is 1.40 bits per heavy atom. The third-order valence-electron chi connectivity index (χ3n) is 3.81. The highest BCUT2D eigenvalue weighted by atomic mass is 16.6. The highest BCUT2D eigenvalue weighted by Gasteiger charge is 2.50. The monoisotopic (exact) mass is 280 g/mol. The van der Waals surface area contributed by atoms with E-state index in [1.54, 1.807) is 4.90 Å². The van der Waals surface area contributed by atoms with Crippen LogP contribution in [0.1, 0.15) is 6.92 Å². The fraction of sp³-hybridized carbons (Fsp3) is 0.667. The maximum absolute atomic E-state index is 10.2. The molecule has 3 aliphatic rings. The molecule has 1 saturated heterocycles. The van der Waals surface area contributed by atoms with Crippen LogP contribution in [0.3, 0.4) is 0 Å². The lowest BCUT2D eigenvalue weighted by Gasteiger charge is -2.31. The first-order valence-electron chi connectivity index (χ1n) is 6.51. The summed E-state index contributed by atoms with van der Waals surface area (Å²) >= 11 is 0. The molecule has 0 amide bonds. The van der Waals surface area contributed by atoms with Gasteiger partial charge in [-0.25, -0.2) is 9.98 Å². The Morgan fingerprint density at radius 2 is 2.15 bits per heavy atom. The van der Waals surface area contributed by atoms with Crippen molar-refractivity contribution in [3.63, 3.8) is 0 Å². The van der Waals surface area contributed by atoms with Gasteiger partial charge in [0.25, 0.3) is 0 Å². The number of ether oxygens (including phenoxy) is 1. The van der Waals surface area contributed by atoms with E-state index in [0.717, 1.165) is 0 Å². The summed E-state index contributed by atoms with van der Waals surface area (Å²) in [6.45, 7) is 5.67. The Hall–Kier alpha value is -1.51. The van der Waals surface area contributed by atoms with Crippen LogP contribution < -0.4 is 5.73 Å². The van der Waals surface area contributed by atoms with Crippen molar-refractivity contribution < 1.29 is 14.9 Å². The van der Waals surface area contributed by atoms with E-state index in [0.29, 0.717) is 5.84 Å². The van der Waals surface area contributed by atoms with Crippen molar-refractivity contribution >= 4 is 18.5 Å². The Kier molecular flexibility index (Phi) is 3.23. The molecule has 0 aromatic carbocycles. The van der Waals surface area contributed by atoms with Gasteiger partial charge in [-0.2, -0.15) is 0 Å². The van der Waals surface area contributed by atoms with Crippen molar-refractivity contribution in [3.05, 3.63) is 6.92 Å². The number of fused-ring (bicyclic) bond motifs is 1. The molecule has 2 unspecified atom stereocenters. The minimum Gasteiger partial charge on any atom is -0.388 e. The van der Waals surface area contributed by atoms with Crippen LogP contribution in [0, 0.1) is 12.8 Å². The van der Waals surface area contributed by atoms with Gasteiger partial charge in [0.1, 0.15) is 30.4 Å². The van der Waals surface area contributed by atoms with Crippen LogP contribution in [0.25, 0.3) is 0 Å². The fourth-order valence-electron chi connectivity index (χ4n) is 2.71. The van der Waals surface area contributed by atoms with E-state index in [1.807, 2.05) is 6.92 Å². The van der Waals surface area contributed by atoms with Crippen molar-refractivity contribution in [3.8, 4) is 0 Å². The number of nitrogens with two attached hydrogens (primary N) is 1. The Morgan fingerprint density at radius 3 is 2.80 bits per heavy atom. The lowest BCUT2D eigenvalue weighted by molar-refractivity contribution is -0.0749. The normalized spacial score (nSPS) is 43.2. The largest absolute Gasteiger partial charge is 0.388 e. The fourth-order valence-corrected chi connectivity index (χ4v) is 2.71. The summed E-state index contributed by atoms with van der Waals surface area (Å²) in [4.78, 5) is 14.0. The molecule has 1 fully saturated rings. The van der Waals surface area contributed by atoms with E-state index in [2.05, 4.69) is 21.9 Å². The molecule has 0 bridgehead atoms. The molecule has 3 heterocycles. The lowest BCUT2D eigenvalue weighted by Crippen LogP contribution is -2.51. The van der Waals surface area contributed by atoms with Crippen LogP contribution in [-0.2, 0) is 4.74 Å². The molecule has 109 valence electrons. The SMILES string of the molecule is [CH2][C@H](C)[C@@H]1O[C@@H](N2C=NC3C(N)=NC=NC32)[C@H](O)[C@@H]1O. The standard InChI is InChI=1S/C12H18N5O3/c1-5(2)9-7(18)8(19)12(20-9)17-4-16-6-10(13)14-3-15-11(6)17/h3-9,11-12,18-19H,1H2,2H3,(H2,13,14,15)/t5-,6?,7+,8-,9+,11?,12-/m1/s1. The van der Waals surface area contributed by atoms with Crippen molar-refractivity contribution in [1.82, 2.24) is 4.90 Å². The zero-order chi connectivity index (χ0) is 14.4. The molecule has 7 atom stereocenters. The van der Waals surface area contributed by atoms with Crippen molar-refractivity contribution in [2.24, 2.45) is 26.6 Å². The third-order valence-corrected chi connectivity index (χ3v) is 3.81. The molecule has 0 aromatic heterocycles. The molecule has 4 N–H and O–H groups in total. The van der Waals surface area contributed by atoms with Crippen molar-refractivity contribution in [2.45, 2.75) is 43.7 Å². The molecule has 0 saturated carbocycles. The predicted molar refractivity (Wildman–Crippen MR) is 73.2 cm³/mol. The topological polar surface area (TPSA) is 116 Å². The predicted octanol–water partition coefficient (Wildman–Crippen LogP) is -1.66. The van der Waals surface area contributed by atoms with E-state index in [9.17, 15) is 10.2 Å². The first-order chi connectivity index (χ1) is 9.50. The zero-order valence-corrected chi connectivity index (χ0v) is 11.1. The van der Waals surface area contributed by atoms with Gasteiger partial charge in [0.05, 0.1) is 12.4 Å². The number of nitrogens with zero attached hydrogens (tertiary/aromatic N) is 4. The minimum absolute atomic E-state index is 0.151. The van der Waals surface area contributed by atoms with Gasteiger partial charge in [-0.05, 0) is 12.8 Å². The van der Waals surface area contributed by atoms with Gasteiger partial charge in [0.15, 0.2) is 12.4 Å². The first-order valence-corrected chi connectivity index (χ1v) is 6.51. The number of hydrogen-bond acceptors (Lipinski definition) is 8. The van der Waals surface area contributed by atoms with E-state index in [-0.39, 0.29) is 12.0 Å². The molecule has 20 heavy (non-hydrogen) atoms. The summed E-state index contributed by atoms with van der Waals surface area (Å²) in [5, 5.41) is 20.2. The summed E-state index contributed by atoms with van der Waals surface area (Å²) in [6.07, 6.45) is -0.766. The van der Waals surface area contributed by atoms with Crippen LogP contribution in [0.5, 0.6) is 0 Å². The highest BCUT2D eigenvalue weighted by Crippen LogP contribution is 2.31. The van der Waals surface area contributed by atoms with Crippen LogP contribution in [0.4, 0.5) is 0 Å². The molecule has 0 spiro atoms. The molecule has 1 radical (unpaired) electrons. The van der Waals surface area contributed by atoms with Crippen LogP contribution >= 0.6 is 0 Å². The van der Waals surface area contributed by atoms with Gasteiger partial charge in [0.2, 0.25) is 0 Å². The van der Waals surface area contributed by atoms with Crippen molar-refractivity contribution in [1.29, 1.82) is 0 Å². The lowest BCUT2D eigenvalue weighted by atomic mass is 10.0. The maximum atomic E-state index is 10.2. The average Bonchev–Trinajstić information content (AvgIpc) is 2.94. The van der Waals surface area contributed by atoms with E-state index >= 15 is 0 Å². The molecule has 0 aromatic rings. The number of aliphatic imine (C=N–C) groups is 3. The quantitative estimate of drug-likeness (QED) is 0.560. The van der Waals surface area contributed by atoms with Gasteiger partial charge < -0.3 is 25.6 Å². The van der Waals surface area contributed by atoms with Crippen LogP contribution in [-0.4, -0.2) is 70.4 Å². The number of aliphatic hydroxyl groups is 2. The second-order valence-electron chi connectivity index (χ2n) is 5.34. The summed E-state index contributed by atoms with van der Waals surface area (Å²) in [5.41, 5.74) is 5.77. The van der Waals surface area contributed by atoms with Gasteiger partial charge in [-0.3, -0.25) is 4.99 Å². The molecular weight excluding hydrogens is 262 g/mol. The van der Waals surface area contributed by atoms with E-state index < -0.39 is 30.7 Å². The molecule has 0 aliphatic carbocycles. The molecule has 3 aliphatic heterocycles. The highest BCUT2D eigenvalue weighted by molar-refractivity contribution is 5.96. The van der Waals surface area contributed by atoms with Gasteiger partial charge >= 0.3 is 0 Å². The third kappa shape index (κ3) is 1.91. The number of rotatable bonds is 2. The van der Waals surface area contributed by atoms with Crippen molar-refractivity contribution in [2.75, 3.05) is 0 Å². The van der Waals surface area contributed by atoms with Gasteiger partial charge in [-0.1, -0.05) is 6.92 Å². The summed E-state index contributed by atoms with van der Waals surface area (Å²) in [6, 6.07) is -0.371. The first kappa shape index (κ1) is 13.5. The molecule has 8 heteroatoms. The average molecular weight is 280 g/mol. The van der Waals surface area contributed by atoms with Gasteiger partial charge in [-0.15, -0.1) is 0 Å². The Balaban J connectivity index is 1.80. The second-order valence-corrected chi connectivity index (χ2v) is 5.34. The molecular formula is C12H18N5O3. The zero-order valence-electron chi connectivity index (χ0n) is 11.1. The minimum atomic E-state index is -1.05. The number of hydrogen-bond donors (Lipinski definition) is 3. The van der Waals surface area contributed by atoms with Crippen LogP contribution in [0.15, 0.2) is 15.0 Å². The molecule has 3 rings (SSSR count). The van der Waals surface area contributed by atoms with Crippen LogP contribution in [0.2, 0.25) is 0 Å². The Labute approximate surface area is 116 Å². The van der Waals surface area contributed by atoms with E-state index in [1.165, 1.54) is 12.7 Å². The smallest absolute Gasteiger partial charge is 0.161 e. The summed E-state index contributed by atoms with van der Waals surface area (Å²) < 4.78 is 5.73. The maximum Gasteiger partial charge on any atom is 0.161 e. The number of amidine groups is 1. The summed E-state index contributed by atoms with van der Waals surface area (Å²) in [7, 11) is 0. The number of aliphatic hydroxyl groups excluding tert-OH is 2. The van der Waals surface area contributed by atoms with E-state index in [4.69, 9.17) is 10.5 Å².